The molecule has 25 heavy (non-hydrogen) atoms. The first-order valence-corrected chi connectivity index (χ1v) is 8.33. The molecule has 0 spiro atoms. The Morgan fingerprint density at radius 3 is 2.96 bits per heavy atom. The van der Waals surface area contributed by atoms with Crippen molar-refractivity contribution in [1.82, 2.24) is 19.7 Å². The summed E-state index contributed by atoms with van der Waals surface area (Å²) >= 11 is 0. The van der Waals surface area contributed by atoms with Crippen molar-refractivity contribution in [2.75, 3.05) is 29.0 Å². The lowest BCUT2D eigenvalue weighted by Crippen LogP contribution is -2.42. The number of anilines is 3. The molecule has 8 heteroatoms. The number of hydrogen-bond donors (Lipinski definition) is 2. The third kappa shape index (κ3) is 2.95. The molecular weight excluding hydrogens is 321 g/mol. The van der Waals surface area contributed by atoms with Crippen molar-refractivity contribution in [2.24, 2.45) is 7.05 Å². The number of aromatic nitrogens is 4. The fourth-order valence-corrected chi connectivity index (χ4v) is 3.31. The van der Waals surface area contributed by atoms with Gasteiger partial charge < -0.3 is 16.0 Å². The van der Waals surface area contributed by atoms with Crippen LogP contribution in [0.3, 0.4) is 0 Å². The molecule has 1 aliphatic rings. The number of nitrogens with zero attached hydrogens (tertiary/aromatic N) is 5. The van der Waals surface area contributed by atoms with Crippen LogP contribution in [0, 0.1) is 5.82 Å². The lowest BCUT2D eigenvalue weighted by atomic mass is 10.0. The Bertz CT molecular complexity index is 907. The maximum absolute atomic E-state index is 14.1. The topological polar surface area (TPSA) is 84.9 Å². The highest BCUT2D eigenvalue weighted by Gasteiger charge is 2.23. The SMILES string of the molecule is Cn1ncc2c(N)nc(N[C@H]3CCCN(c4ccccc4F)C3)nc21. The number of halogens is 1. The van der Waals surface area contributed by atoms with E-state index >= 15 is 0 Å². The van der Waals surface area contributed by atoms with Gasteiger partial charge in [0.1, 0.15) is 11.6 Å². The van der Waals surface area contributed by atoms with E-state index in [2.05, 4.69) is 25.3 Å². The summed E-state index contributed by atoms with van der Waals surface area (Å²) in [5.41, 5.74) is 7.34. The summed E-state index contributed by atoms with van der Waals surface area (Å²) in [4.78, 5) is 10.9. The number of hydrogen-bond acceptors (Lipinski definition) is 6. The molecule has 1 aliphatic heterocycles. The highest BCUT2D eigenvalue weighted by atomic mass is 19.1. The third-order valence-corrected chi connectivity index (χ3v) is 4.57. The Labute approximate surface area is 144 Å². The molecule has 0 amide bonds. The minimum absolute atomic E-state index is 0.124. The van der Waals surface area contributed by atoms with Crippen LogP contribution in [0.1, 0.15) is 12.8 Å². The number of aryl methyl sites for hydroxylation is 1. The first kappa shape index (κ1) is 15.6. The molecule has 130 valence electrons. The number of para-hydroxylation sites is 1. The predicted molar refractivity (Wildman–Crippen MR) is 96.0 cm³/mol. The van der Waals surface area contributed by atoms with Crippen molar-refractivity contribution in [3.8, 4) is 0 Å². The molecule has 7 nitrogen and oxygen atoms in total. The zero-order valence-electron chi connectivity index (χ0n) is 14.0. The number of piperidine rings is 1. The molecule has 1 saturated heterocycles. The number of fused-ring (bicyclic) bond motifs is 1. The van der Waals surface area contributed by atoms with Crippen LogP contribution < -0.4 is 16.0 Å². The minimum Gasteiger partial charge on any atom is -0.383 e. The minimum atomic E-state index is -0.194. The van der Waals surface area contributed by atoms with E-state index in [1.807, 2.05) is 19.2 Å². The van der Waals surface area contributed by atoms with E-state index in [-0.39, 0.29) is 11.9 Å². The van der Waals surface area contributed by atoms with Crippen LogP contribution in [0.25, 0.3) is 11.0 Å². The Kier molecular flexibility index (Phi) is 3.87. The van der Waals surface area contributed by atoms with Crippen molar-refractivity contribution in [1.29, 1.82) is 0 Å². The lowest BCUT2D eigenvalue weighted by Gasteiger charge is -2.34. The van der Waals surface area contributed by atoms with Crippen LogP contribution in [-0.2, 0) is 7.05 Å². The summed E-state index contributed by atoms with van der Waals surface area (Å²) in [5.74, 6) is 0.691. The molecule has 3 heterocycles. The zero-order chi connectivity index (χ0) is 17.4. The molecule has 3 aromatic rings. The second-order valence-corrected chi connectivity index (χ2v) is 6.32. The average molecular weight is 341 g/mol. The molecular formula is C17H20FN7. The van der Waals surface area contributed by atoms with Crippen LogP contribution in [-0.4, -0.2) is 38.9 Å². The smallest absolute Gasteiger partial charge is 0.226 e. The van der Waals surface area contributed by atoms with Gasteiger partial charge in [0.05, 0.1) is 17.3 Å². The lowest BCUT2D eigenvalue weighted by molar-refractivity contribution is 0.517. The quantitative estimate of drug-likeness (QED) is 0.759. The normalized spacial score (nSPS) is 17.8. The molecule has 0 saturated carbocycles. The van der Waals surface area contributed by atoms with Gasteiger partial charge in [-0.1, -0.05) is 12.1 Å². The third-order valence-electron chi connectivity index (χ3n) is 4.57. The summed E-state index contributed by atoms with van der Waals surface area (Å²) in [6.07, 6.45) is 3.60. The van der Waals surface area contributed by atoms with Crippen molar-refractivity contribution in [3.05, 3.63) is 36.3 Å². The van der Waals surface area contributed by atoms with Gasteiger partial charge in [-0.25, -0.2) is 4.39 Å². The van der Waals surface area contributed by atoms with E-state index in [0.717, 1.165) is 24.8 Å². The molecule has 0 bridgehead atoms. The molecule has 1 atom stereocenters. The second-order valence-electron chi connectivity index (χ2n) is 6.32. The van der Waals surface area contributed by atoms with Gasteiger partial charge in [-0.2, -0.15) is 15.1 Å². The van der Waals surface area contributed by atoms with Gasteiger partial charge in [-0.15, -0.1) is 0 Å². The molecule has 0 radical (unpaired) electrons. The molecule has 1 aromatic carbocycles. The van der Waals surface area contributed by atoms with Crippen LogP contribution >= 0.6 is 0 Å². The first-order chi connectivity index (χ1) is 12.1. The van der Waals surface area contributed by atoms with E-state index in [0.29, 0.717) is 29.6 Å². The van der Waals surface area contributed by atoms with Gasteiger partial charge in [0.15, 0.2) is 5.65 Å². The predicted octanol–water partition coefficient (Wildman–Crippen LogP) is 2.17. The summed E-state index contributed by atoms with van der Waals surface area (Å²) < 4.78 is 15.7. The summed E-state index contributed by atoms with van der Waals surface area (Å²) in [5, 5.41) is 8.25. The Morgan fingerprint density at radius 2 is 2.12 bits per heavy atom. The van der Waals surface area contributed by atoms with Gasteiger partial charge in [-0.3, -0.25) is 4.68 Å². The maximum Gasteiger partial charge on any atom is 0.226 e. The number of benzene rings is 1. The molecule has 0 unspecified atom stereocenters. The molecule has 3 N–H and O–H groups in total. The van der Waals surface area contributed by atoms with Crippen LogP contribution in [0.15, 0.2) is 30.5 Å². The first-order valence-electron chi connectivity index (χ1n) is 8.33. The Hall–Kier alpha value is -2.90. The van der Waals surface area contributed by atoms with E-state index in [9.17, 15) is 4.39 Å². The highest BCUT2D eigenvalue weighted by Crippen LogP contribution is 2.25. The van der Waals surface area contributed by atoms with E-state index < -0.39 is 0 Å². The van der Waals surface area contributed by atoms with E-state index in [1.54, 1.807) is 16.9 Å². The summed E-state index contributed by atoms with van der Waals surface area (Å²) in [6, 6.07) is 6.99. The summed E-state index contributed by atoms with van der Waals surface area (Å²) in [6.45, 7) is 1.52. The van der Waals surface area contributed by atoms with E-state index in [1.165, 1.54) is 6.07 Å². The average Bonchev–Trinajstić information content (AvgIpc) is 2.97. The van der Waals surface area contributed by atoms with Gasteiger partial charge >= 0.3 is 0 Å². The molecule has 2 aromatic heterocycles. The molecule has 4 rings (SSSR count). The zero-order valence-corrected chi connectivity index (χ0v) is 14.0. The van der Waals surface area contributed by atoms with Crippen LogP contribution in [0.2, 0.25) is 0 Å². The molecule has 1 fully saturated rings. The number of nitrogens with two attached hydrogens (primary N) is 1. The van der Waals surface area contributed by atoms with Crippen LogP contribution in [0.4, 0.5) is 21.8 Å². The standard InChI is InChI=1S/C17H20FN7/c1-24-16-12(9-20-24)15(19)22-17(23-16)21-11-5-4-8-25(10-11)14-7-3-2-6-13(14)18/h2-3,6-7,9,11H,4-5,8,10H2,1H3,(H3,19,21,22,23)/t11-/m0/s1. The maximum atomic E-state index is 14.1. The largest absolute Gasteiger partial charge is 0.383 e. The summed E-state index contributed by atoms with van der Waals surface area (Å²) in [7, 11) is 1.82. The number of nitrogens with one attached hydrogen (secondary N) is 1. The monoisotopic (exact) mass is 341 g/mol. The second kappa shape index (κ2) is 6.19. The number of nitrogen functional groups attached to an aromatic ring is 1. The molecule has 0 aliphatic carbocycles. The van der Waals surface area contributed by atoms with Gasteiger partial charge in [-0.05, 0) is 25.0 Å². The van der Waals surface area contributed by atoms with Gasteiger partial charge in [0, 0.05) is 26.2 Å². The fraction of sp³-hybridized carbons (Fsp3) is 0.353. The highest BCUT2D eigenvalue weighted by molar-refractivity contribution is 5.86. The van der Waals surface area contributed by atoms with Crippen molar-refractivity contribution >= 4 is 28.5 Å². The van der Waals surface area contributed by atoms with E-state index in [4.69, 9.17) is 5.73 Å². The Morgan fingerprint density at radius 1 is 1.28 bits per heavy atom. The number of rotatable bonds is 3. The van der Waals surface area contributed by atoms with Gasteiger partial charge in [0.2, 0.25) is 5.95 Å². The van der Waals surface area contributed by atoms with Gasteiger partial charge in [0.25, 0.3) is 0 Å². The van der Waals surface area contributed by atoms with Crippen molar-refractivity contribution < 1.29 is 4.39 Å². The van der Waals surface area contributed by atoms with Crippen molar-refractivity contribution in [2.45, 2.75) is 18.9 Å². The fourth-order valence-electron chi connectivity index (χ4n) is 3.31. The Balaban J connectivity index is 1.55. The van der Waals surface area contributed by atoms with Crippen molar-refractivity contribution in [3.63, 3.8) is 0 Å². The van der Waals surface area contributed by atoms with Crippen LogP contribution in [0.5, 0.6) is 0 Å².